The van der Waals surface area contributed by atoms with Crippen LogP contribution in [0.15, 0.2) is 71.3 Å². The maximum Gasteiger partial charge on any atom is 0.291 e. The number of rotatable bonds is 4. The monoisotopic (exact) mass is 435 g/mol. The number of hydrogen-bond donors (Lipinski definition) is 2. The van der Waals surface area contributed by atoms with Gasteiger partial charge >= 0.3 is 0 Å². The van der Waals surface area contributed by atoms with Crippen molar-refractivity contribution in [3.63, 3.8) is 0 Å². The summed E-state index contributed by atoms with van der Waals surface area (Å²) in [7, 11) is 1.58. The number of fused-ring (bicyclic) bond motifs is 2. The van der Waals surface area contributed by atoms with E-state index in [1.165, 1.54) is 11.8 Å². The Morgan fingerprint density at radius 3 is 2.45 bits per heavy atom. The molecule has 0 radical (unpaired) electrons. The van der Waals surface area contributed by atoms with Crippen LogP contribution in [0.25, 0.3) is 4.91 Å². The van der Waals surface area contributed by atoms with E-state index in [-0.39, 0.29) is 12.6 Å². The van der Waals surface area contributed by atoms with Crippen molar-refractivity contribution in [1.29, 1.82) is 0 Å². The standard InChI is InChI=1S/C23H17NO6S/c1-27-14-4-2-13(3-5-14)22-21(25)23(26)24-17-8-6-16(11-20(17)31-22)30-15-7-9-18-19(10-15)29-12-28-18/h2-11,25H,12H2,1H3,(H,24,26). The van der Waals surface area contributed by atoms with Gasteiger partial charge < -0.3 is 29.4 Å². The lowest BCUT2D eigenvalue weighted by atomic mass is 10.2. The maximum absolute atomic E-state index is 12.5. The fourth-order valence-electron chi connectivity index (χ4n) is 3.21. The first-order valence-corrected chi connectivity index (χ1v) is 10.2. The molecule has 8 heteroatoms. The van der Waals surface area contributed by atoms with Crippen molar-refractivity contribution in [1.82, 2.24) is 0 Å². The number of methoxy groups -OCH3 is 1. The number of carbonyl (C=O) groups excluding carboxylic acids is 1. The van der Waals surface area contributed by atoms with Gasteiger partial charge in [-0.3, -0.25) is 4.79 Å². The third-order valence-electron chi connectivity index (χ3n) is 4.78. The van der Waals surface area contributed by atoms with Crippen LogP contribution in [0.5, 0.6) is 28.7 Å². The predicted molar refractivity (Wildman–Crippen MR) is 116 cm³/mol. The second-order valence-corrected chi connectivity index (χ2v) is 7.79. The van der Waals surface area contributed by atoms with Crippen LogP contribution in [0, 0.1) is 0 Å². The third kappa shape index (κ3) is 3.73. The van der Waals surface area contributed by atoms with Crippen LogP contribution in [-0.4, -0.2) is 24.9 Å². The Bertz CT molecular complexity index is 1210. The van der Waals surface area contributed by atoms with Crippen LogP contribution in [0.3, 0.4) is 0 Å². The first kappa shape index (κ1) is 19.2. The van der Waals surface area contributed by atoms with Gasteiger partial charge in [-0.05, 0) is 48.0 Å². The van der Waals surface area contributed by atoms with Gasteiger partial charge in [-0.15, -0.1) is 0 Å². The molecule has 2 aliphatic heterocycles. The van der Waals surface area contributed by atoms with Crippen LogP contribution in [0.1, 0.15) is 5.56 Å². The minimum atomic E-state index is -0.568. The zero-order valence-corrected chi connectivity index (χ0v) is 17.2. The highest BCUT2D eigenvalue weighted by atomic mass is 32.2. The van der Waals surface area contributed by atoms with Crippen molar-refractivity contribution >= 4 is 28.3 Å². The molecule has 0 saturated heterocycles. The Kier molecular flexibility index (Phi) is 4.83. The molecule has 0 spiro atoms. The van der Waals surface area contributed by atoms with E-state index in [9.17, 15) is 9.90 Å². The lowest BCUT2D eigenvalue weighted by molar-refractivity contribution is -0.115. The SMILES string of the molecule is COc1ccc(C2=C(O)C(=O)Nc3ccc(Oc4ccc5c(c4)OCO5)cc3S2)cc1. The number of thioether (sulfide) groups is 1. The van der Waals surface area contributed by atoms with Crippen molar-refractivity contribution in [3.8, 4) is 28.7 Å². The van der Waals surface area contributed by atoms with E-state index in [4.69, 9.17) is 18.9 Å². The van der Waals surface area contributed by atoms with Gasteiger partial charge in [-0.1, -0.05) is 23.9 Å². The number of carbonyl (C=O) groups is 1. The third-order valence-corrected chi connectivity index (χ3v) is 5.97. The van der Waals surface area contributed by atoms with Crippen LogP contribution in [-0.2, 0) is 4.79 Å². The van der Waals surface area contributed by atoms with Gasteiger partial charge in [-0.2, -0.15) is 0 Å². The molecule has 2 heterocycles. The van der Waals surface area contributed by atoms with E-state index in [0.717, 1.165) is 4.90 Å². The molecule has 2 N–H and O–H groups in total. The highest BCUT2D eigenvalue weighted by molar-refractivity contribution is 8.08. The Morgan fingerprint density at radius 1 is 0.935 bits per heavy atom. The Balaban J connectivity index is 1.46. The summed E-state index contributed by atoms with van der Waals surface area (Å²) in [5.74, 6) is 2.26. The van der Waals surface area contributed by atoms with Crippen molar-refractivity contribution in [2.45, 2.75) is 4.90 Å². The highest BCUT2D eigenvalue weighted by Gasteiger charge is 2.24. The fraction of sp³-hybridized carbons (Fsp3) is 0.0870. The molecule has 0 aromatic heterocycles. The van der Waals surface area contributed by atoms with E-state index in [2.05, 4.69) is 5.32 Å². The first-order chi connectivity index (χ1) is 15.1. The highest BCUT2D eigenvalue weighted by Crippen LogP contribution is 2.45. The van der Waals surface area contributed by atoms with Gasteiger partial charge in [0.25, 0.3) is 5.91 Å². The Morgan fingerprint density at radius 2 is 1.65 bits per heavy atom. The fourth-order valence-corrected chi connectivity index (χ4v) is 4.28. The molecule has 156 valence electrons. The molecular formula is C23H17NO6S. The predicted octanol–water partition coefficient (Wildman–Crippen LogP) is 5.19. The number of aliphatic hydroxyl groups excluding tert-OH is 1. The summed E-state index contributed by atoms with van der Waals surface area (Å²) in [5, 5.41) is 13.3. The van der Waals surface area contributed by atoms with Gasteiger partial charge in [0.1, 0.15) is 17.2 Å². The average molecular weight is 435 g/mol. The summed E-state index contributed by atoms with van der Waals surface area (Å²) >= 11 is 1.28. The number of aliphatic hydroxyl groups is 1. The molecule has 2 aliphatic rings. The van der Waals surface area contributed by atoms with Crippen LogP contribution >= 0.6 is 11.8 Å². The van der Waals surface area contributed by atoms with Crippen molar-refractivity contribution < 1.29 is 28.8 Å². The molecule has 0 atom stereocenters. The summed E-state index contributed by atoms with van der Waals surface area (Å²) in [5.41, 5.74) is 1.29. The molecule has 3 aromatic carbocycles. The summed E-state index contributed by atoms with van der Waals surface area (Å²) in [4.78, 5) is 13.6. The molecule has 1 amide bonds. The van der Waals surface area contributed by atoms with Crippen LogP contribution in [0.2, 0.25) is 0 Å². The molecule has 3 aromatic rings. The zero-order valence-electron chi connectivity index (χ0n) is 16.4. The molecule has 5 rings (SSSR count). The Labute approximate surface area is 182 Å². The van der Waals surface area contributed by atoms with E-state index in [1.807, 2.05) is 6.07 Å². The summed E-state index contributed by atoms with van der Waals surface area (Å²) < 4.78 is 21.9. The minimum absolute atomic E-state index is 0.192. The van der Waals surface area contributed by atoms with Gasteiger partial charge in [0.05, 0.1) is 17.7 Å². The second-order valence-electron chi connectivity index (χ2n) is 6.74. The summed E-state index contributed by atoms with van der Waals surface area (Å²) in [6, 6.07) is 17.8. The molecule has 0 unspecified atom stereocenters. The summed E-state index contributed by atoms with van der Waals surface area (Å²) in [6.07, 6.45) is 0. The molecule has 0 bridgehead atoms. The number of amides is 1. The van der Waals surface area contributed by atoms with Crippen LogP contribution < -0.4 is 24.3 Å². The Hall–Kier alpha value is -3.78. The molecule has 0 fully saturated rings. The van der Waals surface area contributed by atoms with E-state index < -0.39 is 5.91 Å². The second kappa shape index (κ2) is 7.81. The lowest BCUT2D eigenvalue weighted by Crippen LogP contribution is -2.13. The molecule has 7 nitrogen and oxygen atoms in total. The van der Waals surface area contributed by atoms with Gasteiger partial charge in [0, 0.05) is 11.0 Å². The largest absolute Gasteiger partial charge is 0.502 e. The lowest BCUT2D eigenvalue weighted by Gasteiger charge is -2.12. The normalized spacial score (nSPS) is 14.5. The van der Waals surface area contributed by atoms with E-state index >= 15 is 0 Å². The summed E-state index contributed by atoms with van der Waals surface area (Å²) in [6.45, 7) is 0.192. The number of benzene rings is 3. The first-order valence-electron chi connectivity index (χ1n) is 9.39. The van der Waals surface area contributed by atoms with E-state index in [1.54, 1.807) is 61.7 Å². The zero-order chi connectivity index (χ0) is 21.4. The van der Waals surface area contributed by atoms with Crippen molar-refractivity contribution in [2.75, 3.05) is 19.2 Å². The van der Waals surface area contributed by atoms with Crippen molar-refractivity contribution in [3.05, 3.63) is 72.0 Å². The van der Waals surface area contributed by atoms with E-state index in [0.29, 0.717) is 44.9 Å². The smallest absolute Gasteiger partial charge is 0.291 e. The van der Waals surface area contributed by atoms with Gasteiger partial charge in [-0.25, -0.2) is 0 Å². The van der Waals surface area contributed by atoms with Gasteiger partial charge in [0.2, 0.25) is 6.79 Å². The molecule has 0 aliphatic carbocycles. The molecule has 0 saturated carbocycles. The molecule has 31 heavy (non-hydrogen) atoms. The minimum Gasteiger partial charge on any atom is -0.502 e. The number of nitrogens with one attached hydrogen (secondary N) is 1. The number of anilines is 1. The topological polar surface area (TPSA) is 86.3 Å². The maximum atomic E-state index is 12.5. The van der Waals surface area contributed by atoms with Crippen molar-refractivity contribution in [2.24, 2.45) is 0 Å². The number of ether oxygens (including phenoxy) is 4. The van der Waals surface area contributed by atoms with Gasteiger partial charge in [0.15, 0.2) is 17.3 Å². The molecular weight excluding hydrogens is 418 g/mol. The number of hydrogen-bond acceptors (Lipinski definition) is 7. The quantitative estimate of drug-likeness (QED) is 0.583. The average Bonchev–Trinajstić information content (AvgIpc) is 3.22. The van der Waals surface area contributed by atoms with Crippen LogP contribution in [0.4, 0.5) is 5.69 Å².